The van der Waals surface area contributed by atoms with Crippen LogP contribution in [0, 0.1) is 0 Å². The van der Waals surface area contributed by atoms with Gasteiger partial charge in [0.25, 0.3) is 0 Å². The normalized spacial score (nSPS) is 10.8. The molecule has 1 aromatic rings. The van der Waals surface area contributed by atoms with E-state index in [1.54, 1.807) is 12.3 Å². The second-order valence-electron chi connectivity index (χ2n) is 5.49. The highest BCUT2D eigenvalue weighted by molar-refractivity contribution is 5.67. The molecule has 0 aromatic carbocycles. The lowest BCUT2D eigenvalue weighted by Crippen LogP contribution is -2.35. The molecule has 0 atom stereocenters. The minimum absolute atomic E-state index is 0.420. The number of alkyl carbamates (subject to hydrolysis) is 1. The van der Waals surface area contributed by atoms with Gasteiger partial charge in [0.15, 0.2) is 0 Å². The predicted octanol–water partition coefficient (Wildman–Crippen LogP) is 1.48. The largest absolute Gasteiger partial charge is 0.444 e. The topological polar surface area (TPSA) is 79.4 Å². The third kappa shape index (κ3) is 6.21. The maximum absolute atomic E-state index is 11.4. The molecular formula is C13H23N5O2. The van der Waals surface area contributed by atoms with Crippen LogP contribution in [0.2, 0.25) is 0 Å². The average molecular weight is 281 g/mol. The van der Waals surface area contributed by atoms with Gasteiger partial charge in [-0.3, -0.25) is 0 Å². The molecule has 7 heteroatoms. The molecule has 20 heavy (non-hydrogen) atoms. The Morgan fingerprint density at radius 2 is 2.05 bits per heavy atom. The first-order valence-corrected chi connectivity index (χ1v) is 6.49. The number of ether oxygens (including phenoxy) is 1. The minimum atomic E-state index is -0.481. The van der Waals surface area contributed by atoms with Crippen molar-refractivity contribution < 1.29 is 9.53 Å². The lowest BCUT2D eigenvalue weighted by molar-refractivity contribution is 0.0530. The molecular weight excluding hydrogens is 258 g/mol. The Bertz CT molecular complexity index is 443. The van der Waals surface area contributed by atoms with Crippen molar-refractivity contribution in [2.45, 2.75) is 26.4 Å². The fourth-order valence-electron chi connectivity index (χ4n) is 1.33. The molecule has 0 saturated heterocycles. The van der Waals surface area contributed by atoms with Gasteiger partial charge in [0.05, 0.1) is 0 Å². The van der Waals surface area contributed by atoms with Gasteiger partial charge in [-0.25, -0.2) is 9.78 Å². The summed E-state index contributed by atoms with van der Waals surface area (Å²) >= 11 is 0. The highest BCUT2D eigenvalue weighted by atomic mass is 16.6. The van der Waals surface area contributed by atoms with Gasteiger partial charge in [0.1, 0.15) is 11.4 Å². The van der Waals surface area contributed by atoms with Gasteiger partial charge in [-0.2, -0.15) is 4.98 Å². The summed E-state index contributed by atoms with van der Waals surface area (Å²) in [6.45, 7) is 6.50. The van der Waals surface area contributed by atoms with Gasteiger partial charge in [-0.1, -0.05) is 0 Å². The van der Waals surface area contributed by atoms with Gasteiger partial charge in [0.2, 0.25) is 5.95 Å². The molecule has 1 amide bonds. The lowest BCUT2D eigenvalue weighted by Gasteiger charge is -2.19. The monoisotopic (exact) mass is 281 g/mol. The predicted molar refractivity (Wildman–Crippen MR) is 79.1 cm³/mol. The first kappa shape index (κ1) is 16.0. The zero-order valence-corrected chi connectivity index (χ0v) is 12.7. The highest BCUT2D eigenvalue weighted by Crippen LogP contribution is 2.07. The number of aromatic nitrogens is 2. The lowest BCUT2D eigenvalue weighted by atomic mass is 10.2. The zero-order chi connectivity index (χ0) is 15.2. The van der Waals surface area contributed by atoms with Gasteiger partial charge >= 0.3 is 6.09 Å². The number of nitrogens with one attached hydrogen (secondary N) is 2. The molecule has 0 aliphatic rings. The summed E-state index contributed by atoms with van der Waals surface area (Å²) in [6, 6.07) is 1.78. The van der Waals surface area contributed by atoms with Crippen LogP contribution in [-0.4, -0.2) is 48.8 Å². The summed E-state index contributed by atoms with van der Waals surface area (Å²) in [4.78, 5) is 21.7. The Hall–Kier alpha value is -2.05. The SMILES string of the molecule is CN(C)c1nccc(NCCNC(=O)OC(C)(C)C)n1. The van der Waals surface area contributed by atoms with Crippen LogP contribution in [0.5, 0.6) is 0 Å². The van der Waals surface area contributed by atoms with E-state index < -0.39 is 11.7 Å². The van der Waals surface area contributed by atoms with Crippen molar-refractivity contribution in [1.29, 1.82) is 0 Å². The Morgan fingerprint density at radius 1 is 1.35 bits per heavy atom. The molecule has 0 aliphatic heterocycles. The van der Waals surface area contributed by atoms with Crippen LogP contribution >= 0.6 is 0 Å². The van der Waals surface area contributed by atoms with Crippen molar-refractivity contribution in [3.8, 4) is 0 Å². The molecule has 0 aliphatic carbocycles. The van der Waals surface area contributed by atoms with Crippen molar-refractivity contribution in [1.82, 2.24) is 15.3 Å². The van der Waals surface area contributed by atoms with E-state index in [0.29, 0.717) is 19.0 Å². The molecule has 112 valence electrons. The van der Waals surface area contributed by atoms with E-state index in [9.17, 15) is 4.79 Å². The molecule has 0 fully saturated rings. The maximum Gasteiger partial charge on any atom is 0.407 e. The molecule has 2 N–H and O–H groups in total. The number of nitrogens with zero attached hydrogens (tertiary/aromatic N) is 3. The second-order valence-corrected chi connectivity index (χ2v) is 5.49. The third-order valence-corrected chi connectivity index (χ3v) is 2.14. The van der Waals surface area contributed by atoms with Crippen molar-refractivity contribution in [2.75, 3.05) is 37.4 Å². The molecule has 0 bridgehead atoms. The Labute approximate surface area is 119 Å². The average Bonchev–Trinajstić information content (AvgIpc) is 2.33. The Kier molecular flexibility index (Phi) is 5.54. The quantitative estimate of drug-likeness (QED) is 0.796. The third-order valence-electron chi connectivity index (χ3n) is 2.14. The number of carbonyl (C=O) groups is 1. The molecule has 0 unspecified atom stereocenters. The van der Waals surface area contributed by atoms with E-state index in [1.165, 1.54) is 0 Å². The van der Waals surface area contributed by atoms with Crippen molar-refractivity contribution in [2.24, 2.45) is 0 Å². The summed E-state index contributed by atoms with van der Waals surface area (Å²) in [5, 5.41) is 5.78. The van der Waals surface area contributed by atoms with Gasteiger partial charge in [-0.05, 0) is 26.8 Å². The first-order chi connectivity index (χ1) is 9.28. The van der Waals surface area contributed by atoms with Crippen molar-refractivity contribution in [3.63, 3.8) is 0 Å². The van der Waals surface area contributed by atoms with Crippen LogP contribution < -0.4 is 15.5 Å². The number of anilines is 2. The number of hydrogen-bond donors (Lipinski definition) is 2. The smallest absolute Gasteiger partial charge is 0.407 e. The first-order valence-electron chi connectivity index (χ1n) is 6.49. The molecule has 0 spiro atoms. The van der Waals surface area contributed by atoms with Gasteiger partial charge in [0, 0.05) is 33.4 Å². The van der Waals surface area contributed by atoms with E-state index in [4.69, 9.17) is 4.74 Å². The highest BCUT2D eigenvalue weighted by Gasteiger charge is 2.15. The fourth-order valence-corrected chi connectivity index (χ4v) is 1.33. The summed E-state index contributed by atoms with van der Waals surface area (Å²) in [7, 11) is 3.76. The zero-order valence-electron chi connectivity index (χ0n) is 12.7. The summed E-state index contributed by atoms with van der Waals surface area (Å²) < 4.78 is 5.13. The second kappa shape index (κ2) is 6.93. The Morgan fingerprint density at radius 3 is 2.65 bits per heavy atom. The molecule has 1 heterocycles. The van der Waals surface area contributed by atoms with Crippen molar-refractivity contribution in [3.05, 3.63) is 12.3 Å². The summed E-state index contributed by atoms with van der Waals surface area (Å²) in [5.74, 6) is 1.35. The van der Waals surface area contributed by atoms with Gasteiger partial charge < -0.3 is 20.3 Å². The van der Waals surface area contributed by atoms with Crippen LogP contribution in [0.4, 0.5) is 16.6 Å². The molecule has 7 nitrogen and oxygen atoms in total. The van der Waals surface area contributed by atoms with E-state index >= 15 is 0 Å². The Balaban J connectivity index is 2.31. The molecule has 0 radical (unpaired) electrons. The van der Waals surface area contributed by atoms with E-state index in [0.717, 1.165) is 5.82 Å². The van der Waals surface area contributed by atoms with Crippen LogP contribution in [0.25, 0.3) is 0 Å². The van der Waals surface area contributed by atoms with Gasteiger partial charge in [-0.15, -0.1) is 0 Å². The van der Waals surface area contributed by atoms with Crippen LogP contribution in [0.15, 0.2) is 12.3 Å². The summed E-state index contributed by atoms with van der Waals surface area (Å²) in [5.41, 5.74) is -0.481. The number of amides is 1. The van der Waals surface area contributed by atoms with Crippen LogP contribution in [0.3, 0.4) is 0 Å². The standard InChI is InChI=1S/C13H23N5O2/c1-13(2,3)20-12(19)16-9-8-14-10-6-7-15-11(17-10)18(4)5/h6-7H,8-9H2,1-5H3,(H,16,19)(H,14,15,17). The fraction of sp³-hybridized carbons (Fsp3) is 0.615. The maximum atomic E-state index is 11.4. The van der Waals surface area contributed by atoms with E-state index in [2.05, 4.69) is 20.6 Å². The van der Waals surface area contributed by atoms with Crippen LogP contribution in [-0.2, 0) is 4.74 Å². The molecule has 1 rings (SSSR count). The number of carbonyl (C=O) groups excluding carboxylic acids is 1. The van der Waals surface area contributed by atoms with Crippen LogP contribution in [0.1, 0.15) is 20.8 Å². The van der Waals surface area contributed by atoms with E-state index in [-0.39, 0.29) is 0 Å². The van der Waals surface area contributed by atoms with Crippen molar-refractivity contribution >= 4 is 17.9 Å². The molecule has 1 aromatic heterocycles. The summed E-state index contributed by atoms with van der Waals surface area (Å²) in [6.07, 6.45) is 1.27. The minimum Gasteiger partial charge on any atom is -0.444 e. The van der Waals surface area contributed by atoms with E-state index in [1.807, 2.05) is 39.8 Å². The number of rotatable bonds is 5. The molecule has 0 saturated carbocycles. The number of hydrogen-bond acceptors (Lipinski definition) is 6.